The number of benzene rings is 1. The van der Waals surface area contributed by atoms with Gasteiger partial charge in [-0.1, -0.05) is 12.1 Å². The van der Waals surface area contributed by atoms with Crippen molar-refractivity contribution >= 4 is 5.91 Å². The molecule has 0 saturated carbocycles. The molecular weight excluding hydrogens is 322 g/mol. The molecule has 3 unspecified atom stereocenters. The van der Waals surface area contributed by atoms with Gasteiger partial charge < -0.3 is 24.6 Å². The predicted molar refractivity (Wildman–Crippen MR) is 94.7 cm³/mol. The maximum Gasteiger partial charge on any atom is 0.248 e. The molecular formula is C19H29NO5. The Morgan fingerprint density at radius 2 is 2.28 bits per heavy atom. The monoisotopic (exact) mass is 351 g/mol. The van der Waals surface area contributed by atoms with E-state index in [1.54, 1.807) is 6.92 Å². The Morgan fingerprint density at radius 3 is 3.00 bits per heavy atom. The molecule has 1 heterocycles. The van der Waals surface area contributed by atoms with E-state index in [1.807, 2.05) is 31.2 Å². The van der Waals surface area contributed by atoms with Crippen LogP contribution in [0.4, 0.5) is 0 Å². The molecule has 1 aliphatic heterocycles. The van der Waals surface area contributed by atoms with E-state index in [2.05, 4.69) is 5.32 Å². The van der Waals surface area contributed by atoms with Crippen LogP contribution in [0.5, 0.6) is 5.75 Å². The number of aryl methyl sites for hydroxylation is 1. The lowest BCUT2D eigenvalue weighted by Crippen LogP contribution is -2.41. The Kier molecular flexibility index (Phi) is 8.18. The Morgan fingerprint density at radius 1 is 1.44 bits per heavy atom. The summed E-state index contributed by atoms with van der Waals surface area (Å²) in [6.45, 7) is 5.11. The molecule has 0 aromatic heterocycles. The van der Waals surface area contributed by atoms with Crippen LogP contribution in [0.25, 0.3) is 0 Å². The zero-order valence-electron chi connectivity index (χ0n) is 15.1. The van der Waals surface area contributed by atoms with Gasteiger partial charge in [-0.3, -0.25) is 4.79 Å². The Labute approximate surface area is 149 Å². The second kappa shape index (κ2) is 10.4. The Bertz CT molecular complexity index is 530. The van der Waals surface area contributed by atoms with Crippen molar-refractivity contribution in [3.63, 3.8) is 0 Å². The number of ether oxygens (including phenoxy) is 3. The number of nitrogens with one attached hydrogen (secondary N) is 1. The molecule has 1 saturated heterocycles. The van der Waals surface area contributed by atoms with E-state index >= 15 is 0 Å². The number of hydrogen-bond acceptors (Lipinski definition) is 5. The van der Waals surface area contributed by atoms with E-state index < -0.39 is 12.2 Å². The molecule has 25 heavy (non-hydrogen) atoms. The minimum absolute atomic E-state index is 0.0809. The third-order valence-corrected chi connectivity index (χ3v) is 4.12. The van der Waals surface area contributed by atoms with Crippen molar-refractivity contribution in [3.8, 4) is 5.75 Å². The molecule has 0 aliphatic carbocycles. The van der Waals surface area contributed by atoms with Crippen LogP contribution < -0.4 is 10.1 Å². The summed E-state index contributed by atoms with van der Waals surface area (Å²) in [6.07, 6.45) is 1.94. The average Bonchev–Trinajstić information content (AvgIpc) is 2.63. The van der Waals surface area contributed by atoms with E-state index in [0.29, 0.717) is 12.4 Å². The third kappa shape index (κ3) is 7.42. The first-order valence-corrected chi connectivity index (χ1v) is 8.93. The first-order chi connectivity index (χ1) is 12.0. The van der Waals surface area contributed by atoms with E-state index in [9.17, 15) is 9.90 Å². The predicted octanol–water partition coefficient (Wildman–Crippen LogP) is 1.83. The molecule has 1 aromatic carbocycles. The molecule has 0 spiro atoms. The van der Waals surface area contributed by atoms with Crippen LogP contribution in [0.15, 0.2) is 24.3 Å². The maximum absolute atomic E-state index is 12.0. The summed E-state index contributed by atoms with van der Waals surface area (Å²) in [7, 11) is 0. The zero-order valence-corrected chi connectivity index (χ0v) is 15.1. The van der Waals surface area contributed by atoms with Gasteiger partial charge in [-0.2, -0.15) is 0 Å². The van der Waals surface area contributed by atoms with Gasteiger partial charge in [0.1, 0.15) is 24.6 Å². The molecule has 1 amide bonds. The van der Waals surface area contributed by atoms with Crippen LogP contribution in [0.2, 0.25) is 0 Å². The highest BCUT2D eigenvalue weighted by Crippen LogP contribution is 2.14. The molecule has 0 radical (unpaired) electrons. The van der Waals surface area contributed by atoms with E-state index in [1.165, 1.54) is 0 Å². The fraction of sp³-hybridized carbons (Fsp3) is 0.632. The standard InChI is InChI=1S/C19H29NO5/c1-14-6-5-8-17(10-14)25-12-16(21)11-20-19(22)15(2)24-13-18-7-3-4-9-23-18/h5-6,8,10,15-16,18,21H,3-4,7,9,11-13H2,1-2H3,(H,20,22). The van der Waals surface area contributed by atoms with E-state index in [-0.39, 0.29) is 25.2 Å². The molecule has 1 aromatic rings. The topological polar surface area (TPSA) is 77.0 Å². The first kappa shape index (κ1) is 19.7. The minimum atomic E-state index is -0.779. The van der Waals surface area contributed by atoms with Gasteiger partial charge in [0, 0.05) is 13.2 Å². The molecule has 1 fully saturated rings. The van der Waals surface area contributed by atoms with Crippen LogP contribution in [0.1, 0.15) is 31.7 Å². The summed E-state index contributed by atoms with van der Waals surface area (Å²) in [6, 6.07) is 7.60. The Hall–Kier alpha value is -1.63. The molecule has 6 heteroatoms. The minimum Gasteiger partial charge on any atom is -0.491 e. The van der Waals surface area contributed by atoms with Crippen molar-refractivity contribution < 1.29 is 24.1 Å². The number of aliphatic hydroxyl groups excluding tert-OH is 1. The summed E-state index contributed by atoms with van der Waals surface area (Å²) in [5, 5.41) is 12.6. The summed E-state index contributed by atoms with van der Waals surface area (Å²) in [5.74, 6) is 0.458. The van der Waals surface area contributed by atoms with Gasteiger partial charge >= 0.3 is 0 Å². The van der Waals surface area contributed by atoms with Crippen molar-refractivity contribution in [2.24, 2.45) is 0 Å². The van der Waals surface area contributed by atoms with Crippen molar-refractivity contribution in [3.05, 3.63) is 29.8 Å². The van der Waals surface area contributed by atoms with Crippen molar-refractivity contribution in [1.29, 1.82) is 0 Å². The highest BCUT2D eigenvalue weighted by Gasteiger charge is 2.19. The maximum atomic E-state index is 12.0. The van der Waals surface area contributed by atoms with Gasteiger partial charge in [0.2, 0.25) is 5.91 Å². The van der Waals surface area contributed by atoms with Gasteiger partial charge in [0.05, 0.1) is 12.7 Å². The van der Waals surface area contributed by atoms with Crippen LogP contribution in [-0.2, 0) is 14.3 Å². The van der Waals surface area contributed by atoms with Crippen LogP contribution in [-0.4, -0.2) is 55.7 Å². The normalized spacial score (nSPS) is 19.9. The van der Waals surface area contributed by atoms with Gasteiger partial charge in [-0.25, -0.2) is 0 Å². The van der Waals surface area contributed by atoms with Gasteiger partial charge in [0.25, 0.3) is 0 Å². The first-order valence-electron chi connectivity index (χ1n) is 8.93. The smallest absolute Gasteiger partial charge is 0.248 e. The highest BCUT2D eigenvalue weighted by molar-refractivity contribution is 5.80. The molecule has 1 aliphatic rings. The molecule has 2 rings (SSSR count). The van der Waals surface area contributed by atoms with E-state index in [0.717, 1.165) is 31.4 Å². The van der Waals surface area contributed by atoms with Crippen molar-refractivity contribution in [2.75, 3.05) is 26.4 Å². The quantitative estimate of drug-likeness (QED) is 0.710. The van der Waals surface area contributed by atoms with Gasteiger partial charge in [-0.15, -0.1) is 0 Å². The number of aliphatic hydroxyl groups is 1. The fourth-order valence-electron chi connectivity index (χ4n) is 2.58. The lowest BCUT2D eigenvalue weighted by atomic mass is 10.1. The molecule has 140 valence electrons. The van der Waals surface area contributed by atoms with E-state index in [4.69, 9.17) is 14.2 Å². The van der Waals surface area contributed by atoms with Gasteiger partial charge in [-0.05, 0) is 50.8 Å². The molecule has 0 bridgehead atoms. The van der Waals surface area contributed by atoms with Crippen LogP contribution in [0.3, 0.4) is 0 Å². The van der Waals surface area contributed by atoms with Crippen LogP contribution in [0, 0.1) is 6.92 Å². The molecule has 2 N–H and O–H groups in total. The fourth-order valence-corrected chi connectivity index (χ4v) is 2.58. The highest BCUT2D eigenvalue weighted by atomic mass is 16.5. The van der Waals surface area contributed by atoms with Crippen molar-refractivity contribution in [1.82, 2.24) is 5.32 Å². The number of rotatable bonds is 9. The number of hydrogen-bond donors (Lipinski definition) is 2. The number of amides is 1. The average molecular weight is 351 g/mol. The number of carbonyl (C=O) groups is 1. The lowest BCUT2D eigenvalue weighted by Gasteiger charge is -2.24. The summed E-state index contributed by atoms with van der Waals surface area (Å²) >= 11 is 0. The second-order valence-electron chi connectivity index (χ2n) is 6.49. The van der Waals surface area contributed by atoms with Crippen LogP contribution >= 0.6 is 0 Å². The van der Waals surface area contributed by atoms with Gasteiger partial charge in [0.15, 0.2) is 0 Å². The third-order valence-electron chi connectivity index (χ3n) is 4.12. The number of carbonyl (C=O) groups excluding carboxylic acids is 1. The second-order valence-corrected chi connectivity index (χ2v) is 6.49. The summed E-state index contributed by atoms with van der Waals surface area (Å²) < 4.78 is 16.7. The zero-order chi connectivity index (χ0) is 18.1. The lowest BCUT2D eigenvalue weighted by molar-refractivity contribution is -0.136. The summed E-state index contributed by atoms with van der Waals surface area (Å²) in [5.41, 5.74) is 1.09. The molecule has 6 nitrogen and oxygen atoms in total. The van der Waals surface area contributed by atoms with Crippen molar-refractivity contribution in [2.45, 2.75) is 51.4 Å². The molecule has 3 atom stereocenters. The Balaban J connectivity index is 1.60. The SMILES string of the molecule is Cc1cccc(OCC(O)CNC(=O)C(C)OCC2CCCCO2)c1. The summed E-state index contributed by atoms with van der Waals surface area (Å²) in [4.78, 5) is 12.0. The largest absolute Gasteiger partial charge is 0.491 e.